The zero-order valence-corrected chi connectivity index (χ0v) is 12.6. The molecule has 0 spiro atoms. The van der Waals surface area contributed by atoms with Gasteiger partial charge in [0, 0.05) is 0 Å². The van der Waals surface area contributed by atoms with E-state index in [9.17, 15) is 5.11 Å². The molecule has 0 aromatic rings. The quantitative estimate of drug-likeness (QED) is 0.704. The molecule has 1 heteroatoms. The highest BCUT2D eigenvalue weighted by atomic mass is 16.3. The molecule has 1 N–H and O–H groups in total. The molecule has 7 aliphatic rings. The predicted molar refractivity (Wildman–Crippen MR) is 75.4 cm³/mol. The SMILES string of the molecule is CC(C)(C)C1(O)C2CC3C4CC5CC3C1C(C5)C4C2. The van der Waals surface area contributed by atoms with Crippen molar-refractivity contribution in [2.24, 2.45) is 52.8 Å². The molecule has 7 saturated carbocycles. The Balaban J connectivity index is 1.68. The first-order chi connectivity index (χ1) is 8.91. The first-order valence-corrected chi connectivity index (χ1v) is 8.63. The van der Waals surface area contributed by atoms with Gasteiger partial charge in [0.15, 0.2) is 0 Å². The number of aliphatic hydroxyl groups is 1. The highest BCUT2D eigenvalue weighted by Gasteiger charge is 2.72. The third-order valence-electron chi connectivity index (χ3n) is 8.38. The normalized spacial score (nSPS) is 65.1. The molecule has 106 valence electrons. The van der Waals surface area contributed by atoms with Crippen molar-refractivity contribution in [3.63, 3.8) is 0 Å². The lowest BCUT2D eigenvalue weighted by Crippen LogP contribution is -2.74. The molecule has 0 radical (unpaired) electrons. The molecule has 7 rings (SSSR count). The molecule has 7 aliphatic carbocycles. The minimum Gasteiger partial charge on any atom is -0.389 e. The molecule has 1 nitrogen and oxygen atoms in total. The fourth-order valence-electron chi connectivity index (χ4n) is 8.09. The second-order valence-electron chi connectivity index (χ2n) is 9.66. The Labute approximate surface area is 117 Å². The van der Waals surface area contributed by atoms with Gasteiger partial charge in [-0.25, -0.2) is 0 Å². The lowest BCUT2D eigenvalue weighted by atomic mass is 9.30. The zero-order valence-electron chi connectivity index (χ0n) is 12.6. The largest absolute Gasteiger partial charge is 0.389 e. The van der Waals surface area contributed by atoms with E-state index in [-0.39, 0.29) is 11.0 Å². The van der Waals surface area contributed by atoms with Crippen LogP contribution in [0.4, 0.5) is 0 Å². The van der Waals surface area contributed by atoms with E-state index < -0.39 is 0 Å². The lowest BCUT2D eigenvalue weighted by molar-refractivity contribution is -0.316. The molecule has 5 atom stereocenters. The highest BCUT2D eigenvalue weighted by Crippen LogP contribution is 2.75. The van der Waals surface area contributed by atoms with Crippen LogP contribution in [0, 0.1) is 52.8 Å². The molecule has 0 aliphatic heterocycles. The van der Waals surface area contributed by atoms with Gasteiger partial charge in [-0.1, -0.05) is 20.8 Å². The van der Waals surface area contributed by atoms with Crippen LogP contribution in [0.2, 0.25) is 0 Å². The summed E-state index contributed by atoms with van der Waals surface area (Å²) in [4.78, 5) is 0. The monoisotopic (exact) mass is 260 g/mol. The Bertz CT molecular complexity index is 411. The van der Waals surface area contributed by atoms with Crippen molar-refractivity contribution in [3.05, 3.63) is 0 Å². The summed E-state index contributed by atoms with van der Waals surface area (Å²) in [5.41, 5.74) is -0.295. The van der Waals surface area contributed by atoms with E-state index >= 15 is 0 Å². The van der Waals surface area contributed by atoms with Crippen LogP contribution in [0.1, 0.15) is 52.9 Å². The molecular formula is C18H28O. The smallest absolute Gasteiger partial charge is 0.0757 e. The van der Waals surface area contributed by atoms with Crippen molar-refractivity contribution >= 4 is 0 Å². The van der Waals surface area contributed by atoms with E-state index in [0.717, 1.165) is 35.5 Å². The van der Waals surface area contributed by atoms with Crippen LogP contribution < -0.4 is 0 Å². The van der Waals surface area contributed by atoms with Gasteiger partial charge in [0.05, 0.1) is 5.60 Å². The Morgan fingerprint density at radius 1 is 0.789 bits per heavy atom. The van der Waals surface area contributed by atoms with Crippen LogP contribution in [0.3, 0.4) is 0 Å². The van der Waals surface area contributed by atoms with Crippen LogP contribution in [0.5, 0.6) is 0 Å². The zero-order chi connectivity index (χ0) is 13.2. The molecular weight excluding hydrogens is 232 g/mol. The average Bonchev–Trinajstić information content (AvgIpc) is 2.34. The van der Waals surface area contributed by atoms with Gasteiger partial charge < -0.3 is 5.11 Å². The fraction of sp³-hybridized carbons (Fsp3) is 1.00. The van der Waals surface area contributed by atoms with E-state index in [1.165, 1.54) is 25.7 Å². The van der Waals surface area contributed by atoms with Gasteiger partial charge in [-0.3, -0.25) is 0 Å². The summed E-state index contributed by atoms with van der Waals surface area (Å²) in [5, 5.41) is 11.7. The van der Waals surface area contributed by atoms with Gasteiger partial charge in [-0.15, -0.1) is 0 Å². The third kappa shape index (κ3) is 1.08. The van der Waals surface area contributed by atoms with E-state index in [0.29, 0.717) is 11.8 Å². The minimum atomic E-state index is -0.359. The van der Waals surface area contributed by atoms with E-state index in [1.807, 2.05) is 0 Å². The van der Waals surface area contributed by atoms with Crippen LogP contribution >= 0.6 is 0 Å². The van der Waals surface area contributed by atoms with Crippen molar-refractivity contribution in [1.29, 1.82) is 0 Å². The van der Waals surface area contributed by atoms with Crippen LogP contribution in [0.25, 0.3) is 0 Å². The summed E-state index contributed by atoms with van der Waals surface area (Å²) < 4.78 is 0. The van der Waals surface area contributed by atoms with Crippen LogP contribution in [-0.4, -0.2) is 10.7 Å². The second kappa shape index (κ2) is 3.08. The van der Waals surface area contributed by atoms with E-state index in [4.69, 9.17) is 0 Å². The Hall–Kier alpha value is -0.0400. The molecule has 19 heavy (non-hydrogen) atoms. The average molecular weight is 260 g/mol. The summed E-state index contributed by atoms with van der Waals surface area (Å²) in [6.07, 6.45) is 7.18. The Kier molecular flexibility index (Phi) is 1.88. The summed E-state index contributed by atoms with van der Waals surface area (Å²) in [6.45, 7) is 6.89. The highest BCUT2D eigenvalue weighted by molar-refractivity contribution is 5.21. The number of hydrogen-bond acceptors (Lipinski definition) is 1. The minimum absolute atomic E-state index is 0.0631. The van der Waals surface area contributed by atoms with Crippen molar-refractivity contribution < 1.29 is 5.11 Å². The summed E-state index contributed by atoms with van der Waals surface area (Å²) in [5.74, 6) is 7.16. The van der Waals surface area contributed by atoms with Crippen LogP contribution in [-0.2, 0) is 0 Å². The van der Waals surface area contributed by atoms with Crippen molar-refractivity contribution in [3.8, 4) is 0 Å². The molecule has 8 bridgehead atoms. The Morgan fingerprint density at radius 2 is 1.26 bits per heavy atom. The lowest BCUT2D eigenvalue weighted by Gasteiger charge is -2.75. The fourth-order valence-corrected chi connectivity index (χ4v) is 8.09. The molecule has 0 aromatic carbocycles. The van der Waals surface area contributed by atoms with Gasteiger partial charge in [-0.05, 0) is 84.9 Å². The predicted octanol–water partition coefficient (Wildman–Crippen LogP) is 3.71. The summed E-state index contributed by atoms with van der Waals surface area (Å²) >= 11 is 0. The standard InChI is InChI=1S/C18H28O/c1-17(2,3)18(19)10-7-12-11-4-9-5-14(12)16(18)15(6-9)13(11)8-10/h9-16,19H,4-8H2,1-3H3. The molecule has 0 amide bonds. The van der Waals surface area contributed by atoms with E-state index in [2.05, 4.69) is 20.8 Å². The molecule has 7 fully saturated rings. The maximum atomic E-state index is 11.7. The Morgan fingerprint density at radius 3 is 1.79 bits per heavy atom. The van der Waals surface area contributed by atoms with Gasteiger partial charge >= 0.3 is 0 Å². The van der Waals surface area contributed by atoms with Gasteiger partial charge in [-0.2, -0.15) is 0 Å². The molecule has 0 aromatic heterocycles. The maximum absolute atomic E-state index is 11.7. The first kappa shape index (κ1) is 11.6. The maximum Gasteiger partial charge on any atom is 0.0757 e. The van der Waals surface area contributed by atoms with Gasteiger partial charge in [0.25, 0.3) is 0 Å². The van der Waals surface area contributed by atoms with Crippen molar-refractivity contribution in [1.82, 2.24) is 0 Å². The molecule has 0 heterocycles. The second-order valence-corrected chi connectivity index (χ2v) is 9.66. The van der Waals surface area contributed by atoms with Gasteiger partial charge in [0.2, 0.25) is 0 Å². The van der Waals surface area contributed by atoms with Gasteiger partial charge in [0.1, 0.15) is 0 Å². The molecule has 5 unspecified atom stereocenters. The molecule has 0 saturated heterocycles. The van der Waals surface area contributed by atoms with Crippen molar-refractivity contribution in [2.45, 2.75) is 58.5 Å². The number of hydrogen-bond donors (Lipinski definition) is 1. The van der Waals surface area contributed by atoms with Crippen molar-refractivity contribution in [2.75, 3.05) is 0 Å². The number of rotatable bonds is 0. The summed E-state index contributed by atoms with van der Waals surface area (Å²) in [7, 11) is 0. The first-order valence-electron chi connectivity index (χ1n) is 8.63. The van der Waals surface area contributed by atoms with Crippen LogP contribution in [0.15, 0.2) is 0 Å². The summed E-state index contributed by atoms with van der Waals surface area (Å²) in [6, 6.07) is 0. The topological polar surface area (TPSA) is 20.2 Å². The third-order valence-corrected chi connectivity index (χ3v) is 8.38. The van der Waals surface area contributed by atoms with E-state index in [1.54, 1.807) is 6.42 Å².